The molecular formula is C66H70Cl2N8O6. The van der Waals surface area contributed by atoms with Gasteiger partial charge in [0, 0.05) is 122 Å². The van der Waals surface area contributed by atoms with E-state index in [-0.39, 0.29) is 11.1 Å². The molecule has 0 saturated carbocycles. The lowest BCUT2D eigenvalue weighted by molar-refractivity contribution is 0.0683. The second kappa shape index (κ2) is 24.1. The lowest BCUT2D eigenvalue weighted by Crippen LogP contribution is -2.47. The van der Waals surface area contributed by atoms with E-state index in [9.17, 15) is 19.8 Å². The summed E-state index contributed by atoms with van der Waals surface area (Å²) in [5.74, 6) is -0.405. The highest BCUT2D eigenvalue weighted by molar-refractivity contribution is 6.30. The van der Waals surface area contributed by atoms with Gasteiger partial charge in [0.25, 0.3) is 0 Å². The lowest BCUT2D eigenvalue weighted by atomic mass is 9.72. The van der Waals surface area contributed by atoms with Gasteiger partial charge in [0.2, 0.25) is 0 Å². The minimum atomic E-state index is -1.02. The van der Waals surface area contributed by atoms with E-state index in [0.29, 0.717) is 33.8 Å². The molecule has 0 amide bonds. The second-order valence-electron chi connectivity index (χ2n) is 23.7. The van der Waals surface area contributed by atoms with Crippen LogP contribution in [0.1, 0.15) is 98.1 Å². The van der Waals surface area contributed by atoms with Crippen molar-refractivity contribution in [3.05, 3.63) is 177 Å². The number of nitrogens with zero attached hydrogens (tertiary/aromatic N) is 6. The Hall–Kier alpha value is -7.62. The summed E-state index contributed by atoms with van der Waals surface area (Å²) in [6.45, 7) is 18.6. The number of carboxylic acids is 2. The SMILES string of the molecule is CC1(C)CCC(CN2CCN(c3ccc(C(=O)O)c(Oc4cnc5[nH]ccc5c4)c3)CC2)=C(c2ccc(Cl)cc2)C1.CC1(C)CCC(CN2CCN(c3ccc(C(=O)O)c(Oc4cnc5[nH]ccc5c4)c3)CC2)=C(c2ccc(Cl)cc2)C1. The average molecular weight is 1140 g/mol. The molecule has 4 aliphatic rings. The van der Waals surface area contributed by atoms with Crippen molar-refractivity contribution in [3.63, 3.8) is 0 Å². The Kier molecular flexibility index (Phi) is 16.5. The molecule has 0 bridgehead atoms. The van der Waals surface area contributed by atoms with Gasteiger partial charge >= 0.3 is 11.9 Å². The minimum absolute atomic E-state index is 0.128. The summed E-state index contributed by atoms with van der Waals surface area (Å²) in [6.07, 6.45) is 13.6. The number of benzene rings is 4. The van der Waals surface area contributed by atoms with E-state index >= 15 is 0 Å². The number of carboxylic acid groups (broad SMARTS) is 2. The molecule has 4 N–H and O–H groups in total. The third kappa shape index (κ3) is 13.3. The zero-order valence-corrected chi connectivity index (χ0v) is 48.5. The van der Waals surface area contributed by atoms with Crippen molar-refractivity contribution in [1.29, 1.82) is 0 Å². The summed E-state index contributed by atoms with van der Waals surface area (Å²) in [5.41, 5.74) is 12.9. The summed E-state index contributed by atoms with van der Waals surface area (Å²) in [5, 5.41) is 22.9. The van der Waals surface area contributed by atoms with Gasteiger partial charge in [-0.15, -0.1) is 0 Å². The molecule has 16 heteroatoms. The third-order valence-corrected chi connectivity index (χ3v) is 17.2. The van der Waals surface area contributed by atoms with E-state index in [1.54, 1.807) is 24.5 Å². The van der Waals surface area contributed by atoms with E-state index in [1.807, 2.05) is 85.2 Å². The van der Waals surface area contributed by atoms with E-state index < -0.39 is 11.9 Å². The first-order valence-corrected chi connectivity index (χ1v) is 29.1. The van der Waals surface area contributed by atoms with Crippen LogP contribution in [0.25, 0.3) is 33.2 Å². The number of aromatic carboxylic acids is 2. The minimum Gasteiger partial charge on any atom is -0.478 e. The predicted octanol–water partition coefficient (Wildman–Crippen LogP) is 15.0. The number of aromatic amines is 2. The van der Waals surface area contributed by atoms with Gasteiger partial charge in [-0.25, -0.2) is 19.6 Å². The fraction of sp³-hybridized carbons (Fsp3) is 0.333. The molecule has 6 heterocycles. The van der Waals surface area contributed by atoms with Crippen molar-refractivity contribution in [2.24, 2.45) is 10.8 Å². The molecule has 0 atom stereocenters. The number of fused-ring (bicyclic) bond motifs is 2. The summed E-state index contributed by atoms with van der Waals surface area (Å²) >= 11 is 12.4. The fourth-order valence-corrected chi connectivity index (χ4v) is 12.2. The van der Waals surface area contributed by atoms with E-state index in [4.69, 9.17) is 32.7 Å². The largest absolute Gasteiger partial charge is 0.478 e. The summed E-state index contributed by atoms with van der Waals surface area (Å²) in [6, 6.07) is 34.8. The monoisotopic (exact) mass is 1140 g/mol. The first kappa shape index (κ1) is 56.3. The molecular weight excluding hydrogens is 1070 g/mol. The fourth-order valence-electron chi connectivity index (χ4n) is 11.9. The number of anilines is 2. The number of ether oxygens (including phenoxy) is 2. The number of pyridine rings is 2. The molecule has 2 aliphatic carbocycles. The van der Waals surface area contributed by atoms with Gasteiger partial charge in [-0.2, -0.15) is 0 Å². The molecule has 8 aromatic rings. The molecule has 12 rings (SSSR count). The van der Waals surface area contributed by atoms with Crippen LogP contribution in [0.3, 0.4) is 0 Å². The highest BCUT2D eigenvalue weighted by Gasteiger charge is 2.32. The molecule has 424 valence electrons. The second-order valence-corrected chi connectivity index (χ2v) is 24.6. The molecule has 0 unspecified atom stereocenters. The van der Waals surface area contributed by atoms with Gasteiger partial charge in [0.05, 0.1) is 12.4 Å². The van der Waals surface area contributed by atoms with Gasteiger partial charge in [-0.05, 0) is 144 Å². The van der Waals surface area contributed by atoms with Crippen molar-refractivity contribution < 1.29 is 29.3 Å². The van der Waals surface area contributed by atoms with Crippen molar-refractivity contribution in [2.45, 2.75) is 66.2 Å². The van der Waals surface area contributed by atoms with E-state index in [1.165, 1.54) is 46.3 Å². The molecule has 14 nitrogen and oxygen atoms in total. The van der Waals surface area contributed by atoms with Gasteiger partial charge in [0.15, 0.2) is 0 Å². The molecule has 82 heavy (non-hydrogen) atoms. The number of piperazine rings is 2. The standard InChI is InChI=1S/2C33H35ClN4O3/c2*1-33(2)11-9-24(29(19-33)22-3-5-25(34)6-4-22)21-37-13-15-38(16-14-37)26-7-8-28(32(39)40)30(18-26)41-27-17-23-10-12-35-31(23)36-20-27/h2*3-8,10,12,17-18,20H,9,11,13-16,19,21H2,1-2H3,(H,35,36)(H,39,40). The Morgan fingerprint density at radius 1 is 0.537 bits per heavy atom. The maximum atomic E-state index is 12.0. The third-order valence-electron chi connectivity index (χ3n) is 16.7. The zero-order chi connectivity index (χ0) is 57.1. The maximum Gasteiger partial charge on any atom is 0.339 e. The molecule has 2 aliphatic heterocycles. The summed E-state index contributed by atoms with van der Waals surface area (Å²) < 4.78 is 12.1. The summed E-state index contributed by atoms with van der Waals surface area (Å²) in [4.78, 5) is 48.5. The highest BCUT2D eigenvalue weighted by atomic mass is 35.5. The van der Waals surface area contributed by atoms with Crippen molar-refractivity contribution >= 4 is 79.7 Å². The Bertz CT molecular complexity index is 3440. The molecule has 2 saturated heterocycles. The predicted molar refractivity (Wildman–Crippen MR) is 328 cm³/mol. The Morgan fingerprint density at radius 3 is 1.30 bits per heavy atom. The highest BCUT2D eigenvalue weighted by Crippen LogP contribution is 2.45. The number of H-pyrrole nitrogens is 2. The van der Waals surface area contributed by atoms with Crippen LogP contribution in [0, 0.1) is 10.8 Å². The number of rotatable bonds is 14. The molecule has 0 radical (unpaired) electrons. The molecule has 2 fully saturated rings. The quantitative estimate of drug-likeness (QED) is 0.0816. The van der Waals surface area contributed by atoms with Gasteiger partial charge in [-0.1, -0.05) is 86.3 Å². The van der Waals surface area contributed by atoms with E-state index in [2.05, 4.69) is 91.5 Å². The maximum absolute atomic E-state index is 12.0. The number of aromatic nitrogens is 4. The van der Waals surface area contributed by atoms with Crippen LogP contribution in [0.5, 0.6) is 23.0 Å². The van der Waals surface area contributed by atoms with Crippen LogP contribution in [-0.2, 0) is 0 Å². The first-order chi connectivity index (χ1) is 39.5. The summed E-state index contributed by atoms with van der Waals surface area (Å²) in [7, 11) is 0. The van der Waals surface area contributed by atoms with Crippen molar-refractivity contribution in [3.8, 4) is 23.0 Å². The van der Waals surface area contributed by atoms with Crippen LogP contribution in [0.15, 0.2) is 145 Å². The molecule has 4 aromatic carbocycles. The first-order valence-electron chi connectivity index (χ1n) is 28.3. The van der Waals surface area contributed by atoms with Crippen LogP contribution < -0.4 is 19.3 Å². The number of allylic oxidation sites excluding steroid dienone is 2. The Balaban J connectivity index is 0.000000172. The van der Waals surface area contributed by atoms with Crippen LogP contribution in [-0.4, -0.2) is 117 Å². The molecule has 0 spiro atoms. The number of halogens is 2. The number of hydrogen-bond donors (Lipinski definition) is 4. The van der Waals surface area contributed by atoms with Crippen molar-refractivity contribution in [2.75, 3.05) is 75.2 Å². The number of nitrogens with one attached hydrogen (secondary N) is 2. The molecule has 4 aromatic heterocycles. The normalized spacial score (nSPS) is 17.7. The Labute approximate surface area is 489 Å². The average Bonchev–Trinajstić information content (AvgIpc) is 4.30. The number of carbonyl (C=O) groups is 2. The van der Waals surface area contributed by atoms with Crippen LogP contribution >= 0.6 is 23.2 Å². The smallest absolute Gasteiger partial charge is 0.339 e. The van der Waals surface area contributed by atoms with Gasteiger partial charge in [0.1, 0.15) is 45.4 Å². The topological polar surface area (TPSA) is 163 Å². The van der Waals surface area contributed by atoms with Crippen LogP contribution in [0.4, 0.5) is 11.4 Å². The Morgan fingerprint density at radius 2 is 0.927 bits per heavy atom. The van der Waals surface area contributed by atoms with Crippen molar-refractivity contribution in [1.82, 2.24) is 29.7 Å². The number of hydrogen-bond acceptors (Lipinski definition) is 10. The zero-order valence-electron chi connectivity index (χ0n) is 47.0. The van der Waals surface area contributed by atoms with Gasteiger partial charge < -0.3 is 39.5 Å². The van der Waals surface area contributed by atoms with E-state index in [0.717, 1.165) is 135 Å². The van der Waals surface area contributed by atoms with Crippen LogP contribution in [0.2, 0.25) is 10.0 Å². The van der Waals surface area contributed by atoms with Gasteiger partial charge in [-0.3, -0.25) is 9.80 Å². The lowest BCUT2D eigenvalue weighted by Gasteiger charge is -2.39.